The lowest BCUT2D eigenvalue weighted by atomic mass is 10.1. The highest BCUT2D eigenvalue weighted by atomic mass is 127. The van der Waals surface area contributed by atoms with Crippen molar-refractivity contribution in [1.82, 2.24) is 10.2 Å². The Morgan fingerprint density at radius 2 is 1.95 bits per heavy atom. The Labute approximate surface area is 133 Å². The van der Waals surface area contributed by atoms with Gasteiger partial charge in [0.15, 0.2) is 5.96 Å². The number of likely N-dealkylation sites (tertiary alicyclic amines) is 1. The first-order valence-corrected chi connectivity index (χ1v) is 6.91. The van der Waals surface area contributed by atoms with Gasteiger partial charge >= 0.3 is 0 Å². The highest BCUT2D eigenvalue weighted by molar-refractivity contribution is 14.0. The van der Waals surface area contributed by atoms with Gasteiger partial charge in [0.1, 0.15) is 6.54 Å². The lowest BCUT2D eigenvalue weighted by molar-refractivity contribution is -0.130. The van der Waals surface area contributed by atoms with Gasteiger partial charge in [-0.15, -0.1) is 24.0 Å². The van der Waals surface area contributed by atoms with E-state index in [1.165, 1.54) is 6.42 Å². The van der Waals surface area contributed by atoms with Crippen LogP contribution in [-0.2, 0) is 4.79 Å². The topological polar surface area (TPSA) is 70.7 Å². The fraction of sp³-hybridized carbons (Fsp3) is 0.846. The molecule has 0 aromatic heterocycles. The number of nitrogens with one attached hydrogen (secondary N) is 1. The number of nitrogens with zero attached hydrogens (tertiary/aromatic N) is 2. The van der Waals surface area contributed by atoms with E-state index in [4.69, 9.17) is 5.73 Å². The summed E-state index contributed by atoms with van der Waals surface area (Å²) in [5, 5.41) is 3.03. The third-order valence-electron chi connectivity index (χ3n) is 3.12. The number of guanidine groups is 1. The van der Waals surface area contributed by atoms with Crippen molar-refractivity contribution in [3.05, 3.63) is 0 Å². The summed E-state index contributed by atoms with van der Waals surface area (Å²) in [6.45, 7) is 7.04. The summed E-state index contributed by atoms with van der Waals surface area (Å²) in [7, 11) is 0. The van der Waals surface area contributed by atoms with Gasteiger partial charge in [-0.2, -0.15) is 0 Å². The molecule has 1 amide bonds. The number of carbonyl (C=O) groups excluding carboxylic acids is 1. The van der Waals surface area contributed by atoms with Crippen molar-refractivity contribution in [2.75, 3.05) is 26.2 Å². The van der Waals surface area contributed by atoms with Crippen LogP contribution in [0.4, 0.5) is 0 Å². The van der Waals surface area contributed by atoms with Crippen molar-refractivity contribution in [2.45, 2.75) is 39.5 Å². The van der Waals surface area contributed by atoms with Gasteiger partial charge in [0, 0.05) is 19.6 Å². The number of hydrogen-bond acceptors (Lipinski definition) is 2. The number of carbonyl (C=O) groups is 1. The summed E-state index contributed by atoms with van der Waals surface area (Å²) in [5.74, 6) is 1.10. The van der Waals surface area contributed by atoms with Crippen LogP contribution in [0, 0.1) is 5.92 Å². The Hall–Kier alpha value is -0.530. The fourth-order valence-corrected chi connectivity index (χ4v) is 1.94. The molecule has 0 aliphatic carbocycles. The van der Waals surface area contributed by atoms with E-state index >= 15 is 0 Å². The maximum absolute atomic E-state index is 11.8. The molecule has 0 radical (unpaired) electrons. The monoisotopic (exact) mass is 382 g/mol. The number of hydrogen-bond donors (Lipinski definition) is 2. The second kappa shape index (κ2) is 10.3. The minimum absolute atomic E-state index is 0. The highest BCUT2D eigenvalue weighted by Crippen LogP contribution is 2.08. The summed E-state index contributed by atoms with van der Waals surface area (Å²) in [5.41, 5.74) is 5.71. The molecule has 1 fully saturated rings. The van der Waals surface area contributed by atoms with E-state index in [2.05, 4.69) is 24.2 Å². The summed E-state index contributed by atoms with van der Waals surface area (Å²) in [6, 6.07) is 0. The second-order valence-corrected chi connectivity index (χ2v) is 5.25. The third-order valence-corrected chi connectivity index (χ3v) is 3.12. The van der Waals surface area contributed by atoms with Crippen LogP contribution in [0.2, 0.25) is 0 Å². The number of rotatable bonds is 5. The molecule has 0 bridgehead atoms. The fourth-order valence-electron chi connectivity index (χ4n) is 1.94. The van der Waals surface area contributed by atoms with Crippen molar-refractivity contribution in [2.24, 2.45) is 16.6 Å². The predicted molar refractivity (Wildman–Crippen MR) is 89.8 cm³/mol. The van der Waals surface area contributed by atoms with E-state index in [0.29, 0.717) is 11.9 Å². The van der Waals surface area contributed by atoms with Gasteiger partial charge in [-0.05, 0) is 31.6 Å². The smallest absolute Gasteiger partial charge is 0.244 e. The Kier molecular flexibility index (Phi) is 9.99. The van der Waals surface area contributed by atoms with Crippen LogP contribution in [0.15, 0.2) is 4.99 Å². The molecule has 1 heterocycles. The molecule has 1 aliphatic rings. The first kappa shape index (κ1) is 18.5. The van der Waals surface area contributed by atoms with E-state index in [1.54, 1.807) is 0 Å². The zero-order valence-electron chi connectivity index (χ0n) is 12.0. The summed E-state index contributed by atoms with van der Waals surface area (Å²) >= 11 is 0. The quantitative estimate of drug-likeness (QED) is 0.431. The average molecular weight is 382 g/mol. The number of amides is 1. The van der Waals surface area contributed by atoms with Crippen LogP contribution in [0.3, 0.4) is 0 Å². The molecular formula is C13H27IN4O. The molecule has 3 N–H and O–H groups in total. The lowest BCUT2D eigenvalue weighted by Crippen LogP contribution is -2.39. The second-order valence-electron chi connectivity index (χ2n) is 5.25. The third kappa shape index (κ3) is 8.28. The zero-order chi connectivity index (χ0) is 13.4. The minimum atomic E-state index is 0. The van der Waals surface area contributed by atoms with Crippen molar-refractivity contribution >= 4 is 35.8 Å². The number of nitrogens with two attached hydrogens (primary N) is 1. The lowest BCUT2D eigenvalue weighted by Gasteiger charge is -2.26. The number of piperidine rings is 1. The normalized spacial score (nSPS) is 16.2. The Balaban J connectivity index is 0.00000324. The van der Waals surface area contributed by atoms with Crippen LogP contribution < -0.4 is 11.1 Å². The molecule has 19 heavy (non-hydrogen) atoms. The predicted octanol–water partition coefficient (Wildman–Crippen LogP) is 1.57. The Bertz CT molecular complexity index is 288. The van der Waals surface area contributed by atoms with Gasteiger partial charge in [-0.3, -0.25) is 4.79 Å². The highest BCUT2D eigenvalue weighted by Gasteiger charge is 2.15. The Morgan fingerprint density at radius 3 is 2.53 bits per heavy atom. The van der Waals surface area contributed by atoms with Gasteiger partial charge in [0.2, 0.25) is 5.91 Å². The molecule has 5 nitrogen and oxygen atoms in total. The molecule has 0 spiro atoms. The van der Waals surface area contributed by atoms with Crippen LogP contribution >= 0.6 is 24.0 Å². The minimum Gasteiger partial charge on any atom is -0.370 e. The molecule has 1 aliphatic heterocycles. The molecule has 0 atom stereocenters. The van der Waals surface area contributed by atoms with E-state index in [0.717, 1.165) is 38.9 Å². The molecular weight excluding hydrogens is 355 g/mol. The van der Waals surface area contributed by atoms with E-state index in [9.17, 15) is 4.79 Å². The van der Waals surface area contributed by atoms with Crippen molar-refractivity contribution in [3.8, 4) is 0 Å². The van der Waals surface area contributed by atoms with Gasteiger partial charge in [0.05, 0.1) is 0 Å². The number of halogens is 1. The maximum atomic E-state index is 11.8. The molecule has 0 aromatic rings. The van der Waals surface area contributed by atoms with Crippen LogP contribution in [0.1, 0.15) is 39.5 Å². The molecule has 112 valence electrons. The standard InChI is InChI=1S/C13H26N4O.HI/c1-11(2)6-7-15-13(14)16-10-12(18)17-8-4-3-5-9-17;/h11H,3-10H2,1-2H3,(H3,14,15,16);1H. The molecule has 0 aromatic carbocycles. The maximum Gasteiger partial charge on any atom is 0.244 e. The van der Waals surface area contributed by atoms with E-state index < -0.39 is 0 Å². The van der Waals surface area contributed by atoms with Crippen LogP contribution in [0.25, 0.3) is 0 Å². The first-order chi connectivity index (χ1) is 8.59. The average Bonchev–Trinajstić information content (AvgIpc) is 2.36. The summed E-state index contributed by atoms with van der Waals surface area (Å²) < 4.78 is 0. The summed E-state index contributed by atoms with van der Waals surface area (Å²) in [6.07, 6.45) is 4.50. The van der Waals surface area contributed by atoms with Crippen molar-refractivity contribution < 1.29 is 4.79 Å². The molecule has 6 heteroatoms. The first-order valence-electron chi connectivity index (χ1n) is 6.91. The molecule has 1 saturated heterocycles. The SMILES string of the molecule is CC(C)CCNC(N)=NCC(=O)N1CCCCC1.I. The summed E-state index contributed by atoms with van der Waals surface area (Å²) in [4.78, 5) is 17.8. The zero-order valence-corrected chi connectivity index (χ0v) is 14.4. The van der Waals surface area contributed by atoms with Crippen LogP contribution in [0.5, 0.6) is 0 Å². The molecule has 0 unspecified atom stereocenters. The molecule has 1 rings (SSSR count). The van der Waals surface area contributed by atoms with Crippen molar-refractivity contribution in [1.29, 1.82) is 0 Å². The van der Waals surface area contributed by atoms with E-state index in [-0.39, 0.29) is 36.4 Å². The van der Waals surface area contributed by atoms with Gasteiger partial charge in [0.25, 0.3) is 0 Å². The van der Waals surface area contributed by atoms with Gasteiger partial charge < -0.3 is 16.0 Å². The Morgan fingerprint density at radius 1 is 1.32 bits per heavy atom. The molecule has 0 saturated carbocycles. The number of aliphatic imine (C=N–C) groups is 1. The van der Waals surface area contributed by atoms with Gasteiger partial charge in [-0.25, -0.2) is 4.99 Å². The largest absolute Gasteiger partial charge is 0.370 e. The van der Waals surface area contributed by atoms with E-state index in [1.807, 2.05) is 4.90 Å². The van der Waals surface area contributed by atoms with Crippen molar-refractivity contribution in [3.63, 3.8) is 0 Å². The van der Waals surface area contributed by atoms with Crippen LogP contribution in [-0.4, -0.2) is 42.9 Å². The van der Waals surface area contributed by atoms with Gasteiger partial charge in [-0.1, -0.05) is 13.8 Å².